The molecule has 1 saturated heterocycles. The van der Waals surface area contributed by atoms with Crippen molar-refractivity contribution in [2.24, 2.45) is 5.92 Å². The lowest BCUT2D eigenvalue weighted by Gasteiger charge is -2.39. The highest BCUT2D eigenvalue weighted by molar-refractivity contribution is 5.66. The first-order valence-electron chi connectivity index (χ1n) is 9.99. The van der Waals surface area contributed by atoms with Crippen LogP contribution in [-0.2, 0) is 5.54 Å². The molecular weight excluding hydrogens is 340 g/mol. The molecule has 0 amide bonds. The number of likely N-dealkylation sites (tertiary alicyclic amines) is 1. The molecular formula is C21H30N4O2. The fraction of sp³-hybridized carbons (Fsp3) is 0.667. The number of rotatable bonds is 6. The van der Waals surface area contributed by atoms with Gasteiger partial charge in [-0.2, -0.15) is 0 Å². The van der Waals surface area contributed by atoms with Crippen LogP contribution in [0.5, 0.6) is 0 Å². The van der Waals surface area contributed by atoms with Crippen molar-refractivity contribution in [3.63, 3.8) is 0 Å². The van der Waals surface area contributed by atoms with Gasteiger partial charge in [0.05, 0.1) is 4.92 Å². The van der Waals surface area contributed by atoms with E-state index in [9.17, 15) is 10.1 Å². The van der Waals surface area contributed by atoms with Gasteiger partial charge >= 0.3 is 0 Å². The van der Waals surface area contributed by atoms with Gasteiger partial charge in [0.25, 0.3) is 11.2 Å². The van der Waals surface area contributed by atoms with Gasteiger partial charge in [0.15, 0.2) is 0 Å². The van der Waals surface area contributed by atoms with Crippen LogP contribution in [0.25, 0.3) is 4.85 Å². The molecule has 146 valence electrons. The summed E-state index contributed by atoms with van der Waals surface area (Å²) in [6.45, 7) is 14.7. The van der Waals surface area contributed by atoms with E-state index < -0.39 is 5.54 Å². The highest BCUT2D eigenvalue weighted by Gasteiger charge is 2.46. The first-order valence-corrected chi connectivity index (χ1v) is 9.99. The molecule has 27 heavy (non-hydrogen) atoms. The molecule has 0 aromatic heterocycles. The van der Waals surface area contributed by atoms with Gasteiger partial charge < -0.3 is 14.6 Å². The number of hydrogen-bond acceptors (Lipinski definition) is 4. The standard InChI is InChI=1S/C21H30N4O2/c1-16(2)15-24(18-8-12-23(4)13-9-18)19-7-6-17(14-20(19)25(26)27)21(22-3)10-5-11-21/h6-7,14,16,18H,5,8-13,15H2,1-2,4H3. The maximum atomic E-state index is 11.9. The van der Waals surface area contributed by atoms with Crippen LogP contribution in [0.2, 0.25) is 0 Å². The van der Waals surface area contributed by atoms with Crippen LogP contribution in [0.1, 0.15) is 51.5 Å². The van der Waals surface area contributed by atoms with Gasteiger partial charge in [-0.3, -0.25) is 10.1 Å². The molecule has 2 aliphatic rings. The zero-order valence-electron chi connectivity index (χ0n) is 16.6. The average molecular weight is 370 g/mol. The molecule has 0 radical (unpaired) electrons. The molecule has 0 N–H and O–H groups in total. The first-order chi connectivity index (χ1) is 12.9. The lowest BCUT2D eigenvalue weighted by Crippen LogP contribution is -2.45. The van der Waals surface area contributed by atoms with Crippen molar-refractivity contribution in [2.75, 3.05) is 31.6 Å². The van der Waals surface area contributed by atoms with E-state index in [0.29, 0.717) is 17.6 Å². The summed E-state index contributed by atoms with van der Waals surface area (Å²) in [6.07, 6.45) is 4.67. The first kappa shape index (κ1) is 19.6. The number of nitro groups is 1. The van der Waals surface area contributed by atoms with Gasteiger partial charge in [-0.1, -0.05) is 13.8 Å². The van der Waals surface area contributed by atoms with Gasteiger partial charge in [-0.05, 0) is 57.5 Å². The lowest BCUT2D eigenvalue weighted by atomic mass is 9.72. The van der Waals surface area contributed by atoms with Crippen molar-refractivity contribution >= 4 is 11.4 Å². The van der Waals surface area contributed by atoms with Gasteiger partial charge in [0.2, 0.25) is 0 Å². The third-order valence-corrected chi connectivity index (χ3v) is 6.10. The zero-order chi connectivity index (χ0) is 19.6. The van der Waals surface area contributed by atoms with Crippen LogP contribution in [-0.4, -0.2) is 42.5 Å². The SMILES string of the molecule is [C-]#[N+]C1(c2ccc(N(CC(C)C)C3CCN(C)CC3)c([N+](=O)[O-])c2)CCC1. The Bertz CT molecular complexity index is 728. The van der Waals surface area contributed by atoms with Crippen molar-refractivity contribution in [1.29, 1.82) is 0 Å². The van der Waals surface area contributed by atoms with Crippen LogP contribution >= 0.6 is 0 Å². The summed E-state index contributed by atoms with van der Waals surface area (Å²) in [6, 6.07) is 5.86. The Morgan fingerprint density at radius 3 is 2.52 bits per heavy atom. The zero-order valence-corrected chi connectivity index (χ0v) is 16.6. The molecule has 3 rings (SSSR count). The molecule has 0 spiro atoms. The quantitative estimate of drug-likeness (QED) is 0.422. The summed E-state index contributed by atoms with van der Waals surface area (Å²) in [5.74, 6) is 0.421. The molecule has 1 aromatic carbocycles. The second-order valence-corrected chi connectivity index (χ2v) is 8.54. The Kier molecular flexibility index (Phi) is 5.71. The van der Waals surface area contributed by atoms with E-state index in [0.717, 1.165) is 57.3 Å². The maximum absolute atomic E-state index is 11.9. The van der Waals surface area contributed by atoms with E-state index >= 15 is 0 Å². The van der Waals surface area contributed by atoms with E-state index in [1.165, 1.54) is 0 Å². The van der Waals surface area contributed by atoms with Crippen LogP contribution in [0, 0.1) is 22.6 Å². The summed E-state index contributed by atoms with van der Waals surface area (Å²) in [4.78, 5) is 20.0. The van der Waals surface area contributed by atoms with Crippen molar-refractivity contribution in [3.8, 4) is 0 Å². The Morgan fingerprint density at radius 2 is 2.04 bits per heavy atom. The molecule has 1 aromatic rings. The lowest BCUT2D eigenvalue weighted by molar-refractivity contribution is -0.384. The molecule has 6 nitrogen and oxygen atoms in total. The normalized spacial score (nSPS) is 20.1. The summed E-state index contributed by atoms with van der Waals surface area (Å²) in [5, 5.41) is 11.9. The fourth-order valence-corrected chi connectivity index (χ4v) is 4.32. The van der Waals surface area contributed by atoms with Crippen molar-refractivity contribution in [1.82, 2.24) is 4.90 Å². The summed E-state index contributed by atoms with van der Waals surface area (Å²) < 4.78 is 0. The van der Waals surface area contributed by atoms with Gasteiger partial charge in [-0.25, -0.2) is 6.57 Å². The maximum Gasteiger partial charge on any atom is 0.293 e. The molecule has 0 unspecified atom stereocenters. The average Bonchev–Trinajstić information content (AvgIpc) is 2.60. The largest absolute Gasteiger partial charge is 0.363 e. The van der Waals surface area contributed by atoms with Crippen LogP contribution in [0.4, 0.5) is 11.4 Å². The van der Waals surface area contributed by atoms with Crippen LogP contribution < -0.4 is 4.90 Å². The number of hydrogen-bond donors (Lipinski definition) is 0. The Balaban J connectivity index is 1.98. The monoisotopic (exact) mass is 370 g/mol. The highest BCUT2D eigenvalue weighted by Crippen LogP contribution is 2.47. The summed E-state index contributed by atoms with van der Waals surface area (Å²) in [7, 11) is 2.13. The highest BCUT2D eigenvalue weighted by atomic mass is 16.6. The van der Waals surface area contributed by atoms with Crippen molar-refractivity contribution in [3.05, 3.63) is 45.3 Å². The van der Waals surface area contributed by atoms with Gasteiger partial charge in [-0.15, -0.1) is 0 Å². The minimum Gasteiger partial charge on any atom is -0.363 e. The molecule has 6 heteroatoms. The predicted molar refractivity (Wildman–Crippen MR) is 108 cm³/mol. The second kappa shape index (κ2) is 7.85. The summed E-state index contributed by atoms with van der Waals surface area (Å²) >= 11 is 0. The topological polar surface area (TPSA) is 54.0 Å². The number of nitrogens with zero attached hydrogens (tertiary/aromatic N) is 4. The minimum absolute atomic E-state index is 0.155. The number of anilines is 1. The Labute approximate surface area is 162 Å². The molecule has 1 aliphatic carbocycles. The van der Waals surface area contributed by atoms with E-state index in [1.807, 2.05) is 12.1 Å². The fourth-order valence-electron chi connectivity index (χ4n) is 4.32. The van der Waals surface area contributed by atoms with E-state index in [-0.39, 0.29) is 10.6 Å². The van der Waals surface area contributed by atoms with Gasteiger partial charge in [0.1, 0.15) is 5.69 Å². The van der Waals surface area contributed by atoms with Gasteiger partial charge in [0, 0.05) is 37.1 Å². The molecule has 1 heterocycles. The van der Waals surface area contributed by atoms with Crippen LogP contribution in [0.15, 0.2) is 18.2 Å². The smallest absolute Gasteiger partial charge is 0.293 e. The number of benzene rings is 1. The summed E-state index contributed by atoms with van der Waals surface area (Å²) in [5.41, 5.74) is 1.14. The molecule has 0 bridgehead atoms. The number of piperidine rings is 1. The third kappa shape index (κ3) is 3.93. The van der Waals surface area contributed by atoms with E-state index in [1.54, 1.807) is 6.07 Å². The third-order valence-electron chi connectivity index (χ3n) is 6.10. The van der Waals surface area contributed by atoms with E-state index in [4.69, 9.17) is 6.57 Å². The molecule has 2 fully saturated rings. The molecule has 0 atom stereocenters. The Morgan fingerprint density at radius 1 is 1.37 bits per heavy atom. The van der Waals surface area contributed by atoms with Crippen LogP contribution in [0.3, 0.4) is 0 Å². The van der Waals surface area contributed by atoms with Crippen molar-refractivity contribution in [2.45, 2.75) is 57.5 Å². The predicted octanol–water partition coefficient (Wildman–Crippen LogP) is 4.45. The van der Waals surface area contributed by atoms with E-state index in [2.05, 4.69) is 35.5 Å². The minimum atomic E-state index is -0.542. The molecule has 1 aliphatic heterocycles. The second-order valence-electron chi connectivity index (χ2n) is 8.54. The number of nitro benzene ring substituents is 1. The van der Waals surface area contributed by atoms with Crippen molar-refractivity contribution < 1.29 is 4.92 Å². The Hall–Kier alpha value is -2.13. The molecule has 1 saturated carbocycles.